The minimum absolute atomic E-state index is 0.458. The van der Waals surface area contributed by atoms with Gasteiger partial charge in [-0.1, -0.05) is 6.07 Å². The molecule has 0 fully saturated rings. The molecular weight excluding hydrogens is 262 g/mol. The molecule has 0 bridgehead atoms. The topological polar surface area (TPSA) is 43.8 Å². The smallest absolute Gasteiger partial charge is 0.151 e. The van der Waals surface area contributed by atoms with Crippen LogP contribution >= 0.6 is 27.3 Å². The van der Waals surface area contributed by atoms with E-state index >= 15 is 0 Å². The molecule has 2 heterocycles. The number of aromatic nitrogens is 2. The summed E-state index contributed by atoms with van der Waals surface area (Å²) in [7, 11) is 1.98. The van der Waals surface area contributed by atoms with Crippen molar-refractivity contribution in [3.8, 4) is 10.7 Å². The summed E-state index contributed by atoms with van der Waals surface area (Å²) in [6.45, 7) is 0.458. The first kappa shape index (κ1) is 9.89. The number of rotatable bonds is 2. The van der Waals surface area contributed by atoms with Crippen LogP contribution in [0.15, 0.2) is 22.1 Å². The molecule has 0 atom stereocenters. The summed E-state index contributed by atoms with van der Waals surface area (Å²) in [4.78, 5) is 5.63. The second-order valence-electron chi connectivity index (χ2n) is 2.91. The fraction of sp³-hybridized carbons (Fsp3) is 0.222. The molecule has 5 heteroatoms. The van der Waals surface area contributed by atoms with E-state index in [0.717, 1.165) is 21.0 Å². The van der Waals surface area contributed by atoms with Gasteiger partial charge in [0.15, 0.2) is 5.82 Å². The second kappa shape index (κ2) is 3.84. The molecule has 0 spiro atoms. The van der Waals surface area contributed by atoms with Crippen molar-refractivity contribution in [3.05, 3.63) is 27.8 Å². The molecule has 0 aliphatic rings. The summed E-state index contributed by atoms with van der Waals surface area (Å²) < 4.78 is 2.97. The third-order valence-corrected chi connectivity index (χ3v) is 3.88. The largest absolute Gasteiger partial charge is 0.325 e. The number of hydrogen-bond acceptors (Lipinski definition) is 3. The number of hydrogen-bond donors (Lipinski definition) is 1. The quantitative estimate of drug-likeness (QED) is 0.912. The van der Waals surface area contributed by atoms with Crippen molar-refractivity contribution in [3.63, 3.8) is 0 Å². The maximum atomic E-state index is 5.58. The molecule has 3 nitrogen and oxygen atoms in total. The van der Waals surface area contributed by atoms with Crippen molar-refractivity contribution in [1.29, 1.82) is 0 Å². The van der Waals surface area contributed by atoms with Crippen molar-refractivity contribution < 1.29 is 0 Å². The van der Waals surface area contributed by atoms with Gasteiger partial charge in [0.05, 0.1) is 10.6 Å². The minimum atomic E-state index is 0.458. The number of nitrogens with zero attached hydrogens (tertiary/aromatic N) is 2. The van der Waals surface area contributed by atoms with Crippen LogP contribution in [-0.4, -0.2) is 9.55 Å². The monoisotopic (exact) mass is 271 g/mol. The predicted octanol–water partition coefficient (Wildman–Crippen LogP) is 2.37. The Bertz CT molecular complexity index is 433. The number of halogens is 1. The number of thiophene rings is 1. The maximum Gasteiger partial charge on any atom is 0.151 e. The van der Waals surface area contributed by atoms with E-state index in [1.807, 2.05) is 23.1 Å². The molecule has 74 valence electrons. The van der Waals surface area contributed by atoms with Crippen LogP contribution in [0, 0.1) is 0 Å². The van der Waals surface area contributed by atoms with E-state index in [0.29, 0.717) is 6.54 Å². The Morgan fingerprint density at radius 3 is 2.93 bits per heavy atom. The Morgan fingerprint density at radius 1 is 1.64 bits per heavy atom. The first-order valence-electron chi connectivity index (χ1n) is 4.19. The SMILES string of the molecule is Cn1c(-c2cccs2)nc(CN)c1Br. The molecule has 0 aliphatic carbocycles. The lowest BCUT2D eigenvalue weighted by Crippen LogP contribution is -1.97. The van der Waals surface area contributed by atoms with Gasteiger partial charge < -0.3 is 10.3 Å². The summed E-state index contributed by atoms with van der Waals surface area (Å²) in [5, 5.41) is 2.04. The normalized spacial score (nSPS) is 10.8. The lowest BCUT2D eigenvalue weighted by Gasteiger charge is -1.98. The van der Waals surface area contributed by atoms with Crippen LogP contribution in [0.2, 0.25) is 0 Å². The van der Waals surface area contributed by atoms with Crippen LogP contribution in [0.1, 0.15) is 5.69 Å². The van der Waals surface area contributed by atoms with Gasteiger partial charge in [0.2, 0.25) is 0 Å². The van der Waals surface area contributed by atoms with Gasteiger partial charge in [-0.05, 0) is 27.4 Å². The van der Waals surface area contributed by atoms with Crippen molar-refractivity contribution >= 4 is 27.3 Å². The van der Waals surface area contributed by atoms with Gasteiger partial charge in [0.25, 0.3) is 0 Å². The fourth-order valence-electron chi connectivity index (χ4n) is 1.29. The van der Waals surface area contributed by atoms with E-state index in [9.17, 15) is 0 Å². The molecule has 0 unspecified atom stereocenters. The van der Waals surface area contributed by atoms with Gasteiger partial charge in [-0.25, -0.2) is 4.98 Å². The summed E-state index contributed by atoms with van der Waals surface area (Å²) in [6.07, 6.45) is 0. The van der Waals surface area contributed by atoms with E-state index in [-0.39, 0.29) is 0 Å². The predicted molar refractivity (Wildman–Crippen MR) is 62.1 cm³/mol. The van der Waals surface area contributed by atoms with Gasteiger partial charge in [0, 0.05) is 13.6 Å². The molecular formula is C9H10BrN3S. The summed E-state index contributed by atoms with van der Waals surface area (Å²) >= 11 is 5.15. The number of imidazole rings is 1. The first-order chi connectivity index (χ1) is 6.74. The van der Waals surface area contributed by atoms with Gasteiger partial charge >= 0.3 is 0 Å². The highest BCUT2D eigenvalue weighted by Gasteiger charge is 2.12. The zero-order valence-electron chi connectivity index (χ0n) is 7.70. The zero-order valence-corrected chi connectivity index (χ0v) is 10.1. The molecule has 0 amide bonds. The van der Waals surface area contributed by atoms with Crippen LogP contribution in [0.3, 0.4) is 0 Å². The van der Waals surface area contributed by atoms with E-state index < -0.39 is 0 Å². The first-order valence-corrected chi connectivity index (χ1v) is 5.86. The third kappa shape index (κ3) is 1.51. The molecule has 0 radical (unpaired) electrons. The molecule has 0 aliphatic heterocycles. The van der Waals surface area contributed by atoms with Crippen LogP contribution < -0.4 is 5.73 Å². The van der Waals surface area contributed by atoms with E-state index in [4.69, 9.17) is 5.73 Å². The van der Waals surface area contributed by atoms with Crippen LogP contribution in [0.4, 0.5) is 0 Å². The fourth-order valence-corrected chi connectivity index (χ4v) is 2.46. The van der Waals surface area contributed by atoms with Crippen molar-refractivity contribution in [1.82, 2.24) is 9.55 Å². The Labute approximate surface area is 94.7 Å². The maximum absolute atomic E-state index is 5.58. The summed E-state index contributed by atoms with van der Waals surface area (Å²) in [6, 6.07) is 4.07. The average Bonchev–Trinajstić information content (AvgIpc) is 2.78. The van der Waals surface area contributed by atoms with Crippen LogP contribution in [0.5, 0.6) is 0 Å². The molecule has 0 saturated heterocycles. The van der Waals surface area contributed by atoms with Crippen LogP contribution in [-0.2, 0) is 13.6 Å². The van der Waals surface area contributed by atoms with Gasteiger partial charge in [0.1, 0.15) is 4.60 Å². The lowest BCUT2D eigenvalue weighted by atomic mass is 10.4. The van der Waals surface area contributed by atoms with E-state index in [1.165, 1.54) is 0 Å². The van der Waals surface area contributed by atoms with Gasteiger partial charge in [-0.2, -0.15) is 0 Å². The zero-order chi connectivity index (χ0) is 10.1. The molecule has 2 N–H and O–H groups in total. The second-order valence-corrected chi connectivity index (χ2v) is 4.61. The van der Waals surface area contributed by atoms with Gasteiger partial charge in [-0.3, -0.25) is 0 Å². The Morgan fingerprint density at radius 2 is 2.43 bits per heavy atom. The van der Waals surface area contributed by atoms with Gasteiger partial charge in [-0.15, -0.1) is 11.3 Å². The highest BCUT2D eigenvalue weighted by molar-refractivity contribution is 9.10. The Kier molecular flexibility index (Phi) is 2.71. The average molecular weight is 272 g/mol. The lowest BCUT2D eigenvalue weighted by molar-refractivity contribution is 0.895. The molecule has 0 aromatic carbocycles. The Hall–Kier alpha value is -0.650. The van der Waals surface area contributed by atoms with E-state index in [2.05, 4.69) is 27.0 Å². The van der Waals surface area contributed by atoms with Crippen LogP contribution in [0.25, 0.3) is 10.7 Å². The summed E-state index contributed by atoms with van der Waals surface area (Å²) in [5.74, 6) is 0.965. The standard InChI is InChI=1S/C9H10BrN3S/c1-13-8(10)6(5-11)12-9(13)7-3-2-4-14-7/h2-4H,5,11H2,1H3. The highest BCUT2D eigenvalue weighted by Crippen LogP contribution is 2.27. The van der Waals surface area contributed by atoms with Crippen molar-refractivity contribution in [2.24, 2.45) is 12.8 Å². The highest BCUT2D eigenvalue weighted by atomic mass is 79.9. The van der Waals surface area contributed by atoms with Crippen molar-refractivity contribution in [2.45, 2.75) is 6.54 Å². The minimum Gasteiger partial charge on any atom is -0.325 e. The summed E-state index contributed by atoms with van der Waals surface area (Å²) in [5.41, 5.74) is 6.48. The van der Waals surface area contributed by atoms with E-state index in [1.54, 1.807) is 11.3 Å². The van der Waals surface area contributed by atoms with Crippen molar-refractivity contribution in [2.75, 3.05) is 0 Å². The molecule has 0 saturated carbocycles. The number of nitrogens with two attached hydrogens (primary N) is 1. The molecule has 2 rings (SSSR count). The molecule has 14 heavy (non-hydrogen) atoms. The Balaban J connectivity index is 2.55. The molecule has 2 aromatic rings. The third-order valence-electron chi connectivity index (χ3n) is 2.03. The molecule has 2 aromatic heterocycles.